The highest BCUT2D eigenvalue weighted by atomic mass is 79.9. The number of hydrogen-bond donors (Lipinski definition) is 1. The first-order chi connectivity index (χ1) is 10.2. The summed E-state index contributed by atoms with van der Waals surface area (Å²) in [5.74, 6) is 0. The van der Waals surface area contributed by atoms with E-state index >= 15 is 0 Å². The standard InChI is InChI=1S/C17H24BrN3/c1-4-9-19-12-13-7-8-14(18)10-17(13)21-16(6-3)11-15(5-2)20-21/h7-8,10-11,19H,4-6,9,12H2,1-3H3. The van der Waals surface area contributed by atoms with Crippen LogP contribution in [0.15, 0.2) is 28.7 Å². The van der Waals surface area contributed by atoms with Gasteiger partial charge < -0.3 is 5.32 Å². The van der Waals surface area contributed by atoms with E-state index in [1.807, 2.05) is 0 Å². The summed E-state index contributed by atoms with van der Waals surface area (Å²) >= 11 is 3.58. The molecule has 0 spiro atoms. The van der Waals surface area contributed by atoms with E-state index in [9.17, 15) is 0 Å². The summed E-state index contributed by atoms with van der Waals surface area (Å²) in [6.07, 6.45) is 3.10. The van der Waals surface area contributed by atoms with Crippen LogP contribution in [0, 0.1) is 0 Å². The number of nitrogens with one attached hydrogen (secondary N) is 1. The third kappa shape index (κ3) is 3.95. The summed E-state index contributed by atoms with van der Waals surface area (Å²) in [7, 11) is 0. The summed E-state index contributed by atoms with van der Waals surface area (Å²) in [5.41, 5.74) is 4.87. The molecule has 3 nitrogen and oxygen atoms in total. The van der Waals surface area contributed by atoms with Crippen molar-refractivity contribution in [1.82, 2.24) is 15.1 Å². The Morgan fingerprint density at radius 2 is 1.95 bits per heavy atom. The van der Waals surface area contributed by atoms with Gasteiger partial charge in [0, 0.05) is 16.7 Å². The predicted molar refractivity (Wildman–Crippen MR) is 92.0 cm³/mol. The zero-order chi connectivity index (χ0) is 15.2. The summed E-state index contributed by atoms with van der Waals surface area (Å²) in [6, 6.07) is 8.65. The topological polar surface area (TPSA) is 29.9 Å². The van der Waals surface area contributed by atoms with E-state index in [1.54, 1.807) is 0 Å². The predicted octanol–water partition coefficient (Wildman–Crippen LogP) is 4.26. The molecule has 0 amide bonds. The Balaban J connectivity index is 2.41. The third-order valence-electron chi connectivity index (χ3n) is 3.58. The van der Waals surface area contributed by atoms with Crippen molar-refractivity contribution in [2.24, 2.45) is 0 Å². The van der Waals surface area contributed by atoms with E-state index in [2.05, 4.69) is 71.0 Å². The number of hydrogen-bond acceptors (Lipinski definition) is 2. The van der Waals surface area contributed by atoms with Crippen LogP contribution in [0.25, 0.3) is 5.69 Å². The van der Waals surface area contributed by atoms with Crippen molar-refractivity contribution < 1.29 is 0 Å². The molecule has 0 bridgehead atoms. The second kappa shape index (κ2) is 7.76. The van der Waals surface area contributed by atoms with Crippen LogP contribution in [-0.4, -0.2) is 16.3 Å². The molecule has 0 aliphatic carbocycles. The first-order valence-corrected chi connectivity index (χ1v) is 8.56. The SMILES string of the molecule is CCCNCc1ccc(Br)cc1-n1nc(CC)cc1CC. The smallest absolute Gasteiger partial charge is 0.0705 e. The Kier molecular flexibility index (Phi) is 6.00. The Hall–Kier alpha value is -1.13. The van der Waals surface area contributed by atoms with E-state index in [1.165, 1.54) is 16.9 Å². The molecule has 1 aromatic carbocycles. The number of benzene rings is 1. The number of aromatic nitrogens is 2. The second-order valence-electron chi connectivity index (χ2n) is 5.20. The van der Waals surface area contributed by atoms with Gasteiger partial charge in [-0.05, 0) is 49.6 Å². The van der Waals surface area contributed by atoms with Crippen LogP contribution in [-0.2, 0) is 19.4 Å². The largest absolute Gasteiger partial charge is 0.313 e. The molecular formula is C17H24BrN3. The van der Waals surface area contributed by atoms with Gasteiger partial charge in [-0.15, -0.1) is 0 Å². The molecule has 1 heterocycles. The molecule has 0 aliphatic rings. The van der Waals surface area contributed by atoms with Gasteiger partial charge in [0.25, 0.3) is 0 Å². The highest BCUT2D eigenvalue weighted by Gasteiger charge is 2.11. The third-order valence-corrected chi connectivity index (χ3v) is 4.07. The van der Waals surface area contributed by atoms with Crippen LogP contribution < -0.4 is 5.32 Å². The second-order valence-corrected chi connectivity index (χ2v) is 6.11. The van der Waals surface area contributed by atoms with E-state index in [-0.39, 0.29) is 0 Å². The highest BCUT2D eigenvalue weighted by Crippen LogP contribution is 2.22. The normalized spacial score (nSPS) is 11.0. The van der Waals surface area contributed by atoms with Crippen molar-refractivity contribution in [3.05, 3.63) is 45.7 Å². The van der Waals surface area contributed by atoms with E-state index in [4.69, 9.17) is 5.10 Å². The molecule has 1 N–H and O–H groups in total. The van der Waals surface area contributed by atoms with Gasteiger partial charge in [-0.3, -0.25) is 0 Å². The minimum absolute atomic E-state index is 0.876. The monoisotopic (exact) mass is 349 g/mol. The van der Waals surface area contributed by atoms with Crippen LogP contribution in [0.5, 0.6) is 0 Å². The average Bonchev–Trinajstić information content (AvgIpc) is 2.92. The zero-order valence-electron chi connectivity index (χ0n) is 13.1. The zero-order valence-corrected chi connectivity index (χ0v) is 14.7. The Labute approximate surface area is 135 Å². The van der Waals surface area contributed by atoms with Crippen molar-refractivity contribution in [1.29, 1.82) is 0 Å². The van der Waals surface area contributed by atoms with Crippen LogP contribution in [0.2, 0.25) is 0 Å². The van der Waals surface area contributed by atoms with Crippen LogP contribution in [0.4, 0.5) is 0 Å². The number of nitrogens with zero attached hydrogens (tertiary/aromatic N) is 2. The first kappa shape index (κ1) is 16.2. The van der Waals surface area contributed by atoms with Crippen LogP contribution >= 0.6 is 15.9 Å². The molecule has 21 heavy (non-hydrogen) atoms. The van der Waals surface area contributed by atoms with Crippen molar-refractivity contribution in [3.8, 4) is 5.69 Å². The van der Waals surface area contributed by atoms with Crippen molar-refractivity contribution >= 4 is 15.9 Å². The number of rotatable bonds is 7. The van der Waals surface area contributed by atoms with E-state index < -0.39 is 0 Å². The minimum atomic E-state index is 0.876. The molecule has 0 aliphatic heterocycles. The average molecular weight is 350 g/mol. The molecule has 0 saturated carbocycles. The molecule has 0 atom stereocenters. The van der Waals surface area contributed by atoms with Gasteiger partial charge in [0.05, 0.1) is 11.4 Å². The fraction of sp³-hybridized carbons (Fsp3) is 0.471. The maximum absolute atomic E-state index is 4.77. The van der Waals surface area contributed by atoms with Crippen molar-refractivity contribution in [2.45, 2.75) is 46.6 Å². The quantitative estimate of drug-likeness (QED) is 0.756. The molecule has 2 aromatic rings. The molecule has 2 rings (SSSR count). The van der Waals surface area contributed by atoms with Crippen LogP contribution in [0.3, 0.4) is 0 Å². The molecule has 0 fully saturated rings. The van der Waals surface area contributed by atoms with Gasteiger partial charge in [-0.2, -0.15) is 5.10 Å². The molecule has 4 heteroatoms. The number of aryl methyl sites for hydroxylation is 2. The molecule has 114 valence electrons. The molecular weight excluding hydrogens is 326 g/mol. The van der Waals surface area contributed by atoms with Gasteiger partial charge >= 0.3 is 0 Å². The summed E-state index contributed by atoms with van der Waals surface area (Å²) in [5, 5.41) is 8.25. The lowest BCUT2D eigenvalue weighted by atomic mass is 10.1. The highest BCUT2D eigenvalue weighted by molar-refractivity contribution is 9.10. The Bertz CT molecular complexity index is 590. The maximum atomic E-state index is 4.77. The fourth-order valence-corrected chi connectivity index (χ4v) is 2.74. The summed E-state index contributed by atoms with van der Waals surface area (Å²) in [6.45, 7) is 8.43. The lowest BCUT2D eigenvalue weighted by Crippen LogP contribution is -2.16. The Morgan fingerprint density at radius 3 is 2.62 bits per heavy atom. The molecule has 0 radical (unpaired) electrons. The lowest BCUT2D eigenvalue weighted by Gasteiger charge is -2.13. The van der Waals surface area contributed by atoms with Gasteiger partial charge in [-0.1, -0.05) is 42.8 Å². The summed E-state index contributed by atoms with van der Waals surface area (Å²) in [4.78, 5) is 0. The first-order valence-electron chi connectivity index (χ1n) is 7.76. The van der Waals surface area contributed by atoms with Gasteiger partial charge in [0.15, 0.2) is 0 Å². The Morgan fingerprint density at radius 1 is 1.14 bits per heavy atom. The van der Waals surface area contributed by atoms with Crippen LogP contribution in [0.1, 0.15) is 44.1 Å². The van der Waals surface area contributed by atoms with Gasteiger partial charge in [0.1, 0.15) is 0 Å². The lowest BCUT2D eigenvalue weighted by molar-refractivity contribution is 0.667. The summed E-state index contributed by atoms with van der Waals surface area (Å²) < 4.78 is 3.19. The number of halogens is 1. The minimum Gasteiger partial charge on any atom is -0.313 e. The van der Waals surface area contributed by atoms with E-state index in [0.717, 1.165) is 42.5 Å². The van der Waals surface area contributed by atoms with Crippen molar-refractivity contribution in [3.63, 3.8) is 0 Å². The molecule has 0 unspecified atom stereocenters. The fourth-order valence-electron chi connectivity index (χ4n) is 2.39. The van der Waals surface area contributed by atoms with E-state index in [0.29, 0.717) is 0 Å². The van der Waals surface area contributed by atoms with Gasteiger partial charge in [-0.25, -0.2) is 4.68 Å². The maximum Gasteiger partial charge on any atom is 0.0705 e. The molecule has 1 aromatic heterocycles. The molecule has 0 saturated heterocycles. The van der Waals surface area contributed by atoms with Gasteiger partial charge in [0.2, 0.25) is 0 Å². The van der Waals surface area contributed by atoms with Crippen molar-refractivity contribution in [2.75, 3.05) is 6.54 Å².